The van der Waals surface area contributed by atoms with E-state index in [-0.39, 0.29) is 22.8 Å². The lowest BCUT2D eigenvalue weighted by Gasteiger charge is -2.49. The third kappa shape index (κ3) is 2.95. The number of nitrogens with one attached hydrogen (secondary N) is 1. The van der Waals surface area contributed by atoms with Crippen molar-refractivity contribution < 1.29 is 9.18 Å². The van der Waals surface area contributed by atoms with Crippen molar-refractivity contribution in [2.45, 2.75) is 38.8 Å². The Morgan fingerprint density at radius 3 is 2.37 bits per heavy atom. The highest BCUT2D eigenvalue weighted by atomic mass is 19.1. The molecule has 0 unspecified atom stereocenters. The second-order valence-electron chi connectivity index (χ2n) is 6.45. The van der Waals surface area contributed by atoms with Gasteiger partial charge in [-0.05, 0) is 52.0 Å². The van der Waals surface area contributed by atoms with E-state index in [9.17, 15) is 9.18 Å². The van der Waals surface area contributed by atoms with Crippen LogP contribution in [0.1, 0.15) is 38.1 Å². The van der Waals surface area contributed by atoms with Crippen molar-refractivity contribution in [3.63, 3.8) is 0 Å². The van der Waals surface area contributed by atoms with Crippen LogP contribution in [0.3, 0.4) is 0 Å². The largest absolute Gasteiger partial charge is 0.330 e. The molecule has 2 rings (SSSR count). The summed E-state index contributed by atoms with van der Waals surface area (Å²) in [6.07, 6.45) is 0. The van der Waals surface area contributed by atoms with Gasteiger partial charge in [0.1, 0.15) is 5.82 Å². The zero-order valence-electron chi connectivity index (χ0n) is 12.0. The van der Waals surface area contributed by atoms with E-state index in [2.05, 4.69) is 19.2 Å². The number of amides is 1. The van der Waals surface area contributed by atoms with Crippen molar-refractivity contribution in [2.75, 3.05) is 13.1 Å². The molecule has 19 heavy (non-hydrogen) atoms. The predicted octanol–water partition coefficient (Wildman–Crippen LogP) is 2.43. The Labute approximate surface area is 113 Å². The lowest BCUT2D eigenvalue weighted by Crippen LogP contribution is -2.67. The Morgan fingerprint density at radius 1 is 1.21 bits per heavy atom. The summed E-state index contributed by atoms with van der Waals surface area (Å²) in [4.78, 5) is 14.5. The van der Waals surface area contributed by atoms with Gasteiger partial charge in [-0.3, -0.25) is 4.79 Å². The van der Waals surface area contributed by atoms with E-state index < -0.39 is 0 Å². The summed E-state index contributed by atoms with van der Waals surface area (Å²) in [5.41, 5.74) is 0.179. The first-order valence-corrected chi connectivity index (χ1v) is 6.54. The zero-order chi connectivity index (χ0) is 14.3. The van der Waals surface area contributed by atoms with Gasteiger partial charge in [0.15, 0.2) is 0 Å². The van der Waals surface area contributed by atoms with Crippen LogP contribution in [-0.2, 0) is 0 Å². The molecule has 0 aromatic heterocycles. The highest BCUT2D eigenvalue weighted by Crippen LogP contribution is 2.25. The fraction of sp³-hybridized carbons (Fsp3) is 0.533. The van der Waals surface area contributed by atoms with E-state index in [0.29, 0.717) is 12.1 Å². The summed E-state index contributed by atoms with van der Waals surface area (Å²) >= 11 is 0. The number of hydrogen-bond acceptors (Lipinski definition) is 2. The highest BCUT2D eigenvalue weighted by Gasteiger charge is 2.40. The van der Waals surface area contributed by atoms with E-state index in [1.165, 1.54) is 12.1 Å². The monoisotopic (exact) mass is 264 g/mol. The fourth-order valence-electron chi connectivity index (χ4n) is 2.31. The third-order valence-electron chi connectivity index (χ3n) is 3.62. The molecule has 0 spiro atoms. The molecule has 4 heteroatoms. The molecule has 0 radical (unpaired) electrons. The maximum absolute atomic E-state index is 12.9. The second kappa shape index (κ2) is 4.60. The molecule has 1 fully saturated rings. The van der Waals surface area contributed by atoms with Crippen LogP contribution in [0, 0.1) is 5.82 Å². The number of halogens is 1. The van der Waals surface area contributed by atoms with Crippen LogP contribution >= 0.6 is 0 Å². The summed E-state index contributed by atoms with van der Waals surface area (Å²) in [6, 6.07) is 5.74. The van der Waals surface area contributed by atoms with E-state index in [1.807, 2.05) is 18.7 Å². The van der Waals surface area contributed by atoms with Crippen LogP contribution in [0.25, 0.3) is 0 Å². The lowest BCUT2D eigenvalue weighted by atomic mass is 9.90. The van der Waals surface area contributed by atoms with E-state index in [1.54, 1.807) is 12.1 Å². The third-order valence-corrected chi connectivity index (χ3v) is 3.62. The van der Waals surface area contributed by atoms with Gasteiger partial charge in [0.25, 0.3) is 5.91 Å². The highest BCUT2D eigenvalue weighted by molar-refractivity contribution is 5.94. The van der Waals surface area contributed by atoms with Crippen molar-refractivity contribution in [2.24, 2.45) is 0 Å². The Balaban J connectivity index is 2.27. The molecule has 1 saturated heterocycles. The number of piperazine rings is 1. The summed E-state index contributed by atoms with van der Waals surface area (Å²) in [6.45, 7) is 9.61. The van der Waals surface area contributed by atoms with E-state index in [0.717, 1.165) is 6.54 Å². The minimum Gasteiger partial charge on any atom is -0.330 e. The number of benzene rings is 1. The predicted molar refractivity (Wildman–Crippen MR) is 73.6 cm³/mol. The lowest BCUT2D eigenvalue weighted by molar-refractivity contribution is 0.0281. The fourth-order valence-corrected chi connectivity index (χ4v) is 2.31. The first kappa shape index (κ1) is 14.0. The number of rotatable bonds is 1. The zero-order valence-corrected chi connectivity index (χ0v) is 12.0. The normalized spacial score (nSPS) is 21.2. The molecular formula is C15H21FN2O. The molecule has 1 N–H and O–H groups in total. The van der Waals surface area contributed by atoms with Gasteiger partial charge in [0, 0.05) is 24.2 Å². The molecule has 1 aliphatic rings. The van der Waals surface area contributed by atoms with Crippen molar-refractivity contribution in [1.29, 1.82) is 0 Å². The summed E-state index contributed by atoms with van der Waals surface area (Å²) in [7, 11) is 0. The van der Waals surface area contributed by atoms with Crippen molar-refractivity contribution >= 4 is 5.91 Å². The minimum atomic E-state index is -0.323. The van der Waals surface area contributed by atoms with Crippen molar-refractivity contribution in [3.05, 3.63) is 35.6 Å². The standard InChI is InChI=1S/C15H21FN2O/c1-14(2)10-18(15(3,4)9-17-14)13(19)11-5-7-12(16)8-6-11/h5-8,17H,9-10H2,1-4H3. The van der Waals surface area contributed by atoms with Crippen LogP contribution in [-0.4, -0.2) is 35.0 Å². The number of carbonyl (C=O) groups is 1. The van der Waals surface area contributed by atoms with E-state index >= 15 is 0 Å². The number of hydrogen-bond donors (Lipinski definition) is 1. The van der Waals surface area contributed by atoms with Crippen LogP contribution in [0.5, 0.6) is 0 Å². The average Bonchev–Trinajstić information content (AvgIpc) is 2.33. The van der Waals surface area contributed by atoms with Crippen molar-refractivity contribution in [1.82, 2.24) is 10.2 Å². The van der Waals surface area contributed by atoms with Gasteiger partial charge in [-0.2, -0.15) is 0 Å². The van der Waals surface area contributed by atoms with Crippen LogP contribution in [0.2, 0.25) is 0 Å². The summed E-state index contributed by atoms with van der Waals surface area (Å²) in [5.74, 6) is -0.365. The minimum absolute atomic E-state index is 0.0421. The van der Waals surface area contributed by atoms with Gasteiger partial charge in [0.2, 0.25) is 0 Å². The van der Waals surface area contributed by atoms with Gasteiger partial charge < -0.3 is 10.2 Å². The smallest absolute Gasteiger partial charge is 0.254 e. The van der Waals surface area contributed by atoms with Crippen LogP contribution in [0.4, 0.5) is 4.39 Å². The molecule has 0 atom stereocenters. The average molecular weight is 264 g/mol. The van der Waals surface area contributed by atoms with Gasteiger partial charge in [0.05, 0.1) is 5.54 Å². The van der Waals surface area contributed by atoms with Crippen LogP contribution < -0.4 is 5.32 Å². The number of nitrogens with zero attached hydrogens (tertiary/aromatic N) is 1. The molecule has 1 aliphatic heterocycles. The quantitative estimate of drug-likeness (QED) is 0.845. The summed E-state index contributed by atoms with van der Waals surface area (Å²) < 4.78 is 12.9. The summed E-state index contributed by atoms with van der Waals surface area (Å²) in [5, 5.41) is 3.44. The Bertz CT molecular complexity index is 479. The Hall–Kier alpha value is -1.42. The van der Waals surface area contributed by atoms with Gasteiger partial charge in [-0.25, -0.2) is 4.39 Å². The molecule has 0 bridgehead atoms. The van der Waals surface area contributed by atoms with Gasteiger partial charge >= 0.3 is 0 Å². The molecule has 1 amide bonds. The first-order valence-electron chi connectivity index (χ1n) is 6.54. The SMILES string of the molecule is CC1(C)CN(C(=O)c2ccc(F)cc2)C(C)(C)CN1. The second-order valence-corrected chi connectivity index (χ2v) is 6.45. The number of carbonyl (C=O) groups excluding carboxylic acids is 1. The van der Waals surface area contributed by atoms with Crippen LogP contribution in [0.15, 0.2) is 24.3 Å². The molecule has 1 aromatic carbocycles. The Morgan fingerprint density at radius 2 is 1.79 bits per heavy atom. The first-order chi connectivity index (χ1) is 8.71. The van der Waals surface area contributed by atoms with Crippen molar-refractivity contribution in [3.8, 4) is 0 Å². The van der Waals surface area contributed by atoms with Gasteiger partial charge in [-0.1, -0.05) is 0 Å². The van der Waals surface area contributed by atoms with E-state index in [4.69, 9.17) is 0 Å². The molecular weight excluding hydrogens is 243 g/mol. The topological polar surface area (TPSA) is 32.3 Å². The molecule has 0 saturated carbocycles. The molecule has 104 valence electrons. The maximum Gasteiger partial charge on any atom is 0.254 e. The molecule has 1 heterocycles. The molecule has 1 aromatic rings. The maximum atomic E-state index is 12.9. The Kier molecular flexibility index (Phi) is 3.39. The van der Waals surface area contributed by atoms with Gasteiger partial charge in [-0.15, -0.1) is 0 Å². The molecule has 0 aliphatic carbocycles. The molecule has 3 nitrogen and oxygen atoms in total.